The van der Waals surface area contributed by atoms with Gasteiger partial charge in [-0.25, -0.2) is 4.89 Å². The molecule has 0 saturated heterocycles. The minimum atomic E-state index is -1.05. The second-order valence-electron chi connectivity index (χ2n) is 19.5. The number of aliphatic hydroxyl groups excluding tert-OH is 1. The van der Waals surface area contributed by atoms with E-state index < -0.39 is 23.8 Å². The highest BCUT2D eigenvalue weighted by Crippen LogP contribution is 2.49. The fourth-order valence-corrected chi connectivity index (χ4v) is 11.8. The van der Waals surface area contributed by atoms with Crippen LogP contribution in [0.5, 0.6) is 0 Å². The highest BCUT2D eigenvalue weighted by atomic mass is 17.1. The van der Waals surface area contributed by atoms with Gasteiger partial charge >= 0.3 is 5.97 Å². The van der Waals surface area contributed by atoms with Crippen molar-refractivity contribution in [2.24, 2.45) is 40.9 Å². The van der Waals surface area contributed by atoms with Crippen molar-refractivity contribution in [2.45, 2.75) is 204 Å². The number of nitrogens with zero attached hydrogens (tertiary/aromatic N) is 1. The Morgan fingerprint density at radius 2 is 1.19 bits per heavy atom. The molecule has 0 aromatic heterocycles. The molecule has 5 N–H and O–H groups in total. The van der Waals surface area contributed by atoms with E-state index in [1.54, 1.807) is 0 Å². The van der Waals surface area contributed by atoms with Gasteiger partial charge in [0.05, 0.1) is 55.6 Å². The van der Waals surface area contributed by atoms with Gasteiger partial charge in [0.15, 0.2) is 0 Å². The standard InChI is InChI=1S/C43H73N3O11/c1-43(2,30-6-16-36(17-7-30)57-38-20-10-32(11-21-38)45-54-25-28-23-34(47)13-3-27(28)26-55-53)29-4-14-35(15-5-29)56-37-18-8-31(9-19-37)44-41(48)40-24-33(46(51)52)12-22-39(40)42(49)50/h27-40,45,47,53H,3-26H2,1-2H3,(H,44,48)(H,49,50). The number of amides is 1. The number of aliphatic carboxylic acids is 1. The molecule has 326 valence electrons. The van der Waals surface area contributed by atoms with Gasteiger partial charge in [-0.3, -0.25) is 25.0 Å². The predicted molar refractivity (Wildman–Crippen MR) is 211 cm³/mol. The minimum absolute atomic E-state index is 0.0121. The van der Waals surface area contributed by atoms with Crippen LogP contribution in [0.15, 0.2) is 0 Å². The number of nitro groups is 1. The van der Waals surface area contributed by atoms with Gasteiger partial charge < -0.3 is 29.8 Å². The fraction of sp³-hybridized carbons (Fsp3) is 0.953. The first kappa shape index (κ1) is 44.6. The maximum atomic E-state index is 13.1. The number of carboxylic acid groups (broad SMARTS) is 1. The molecule has 6 aliphatic carbocycles. The molecule has 0 bridgehead atoms. The first-order valence-corrected chi connectivity index (χ1v) is 22.7. The van der Waals surface area contributed by atoms with Gasteiger partial charge in [0.25, 0.3) is 0 Å². The summed E-state index contributed by atoms with van der Waals surface area (Å²) in [5.41, 5.74) is 3.57. The zero-order valence-corrected chi connectivity index (χ0v) is 34.6. The maximum absolute atomic E-state index is 13.1. The average Bonchev–Trinajstić information content (AvgIpc) is 3.20. The van der Waals surface area contributed by atoms with Crippen LogP contribution < -0.4 is 10.8 Å². The van der Waals surface area contributed by atoms with Gasteiger partial charge in [-0.1, -0.05) is 13.8 Å². The number of hydroxylamine groups is 1. The van der Waals surface area contributed by atoms with Crippen LogP contribution in [0.25, 0.3) is 0 Å². The van der Waals surface area contributed by atoms with Crippen molar-refractivity contribution in [1.29, 1.82) is 0 Å². The van der Waals surface area contributed by atoms with E-state index in [1.807, 2.05) is 0 Å². The van der Waals surface area contributed by atoms with Crippen molar-refractivity contribution in [3.05, 3.63) is 10.1 Å². The number of carbonyl (C=O) groups is 2. The van der Waals surface area contributed by atoms with E-state index in [1.165, 1.54) is 25.7 Å². The molecule has 6 saturated carbocycles. The largest absolute Gasteiger partial charge is 0.481 e. The Labute approximate surface area is 339 Å². The molecule has 1 amide bonds. The first-order valence-electron chi connectivity index (χ1n) is 22.7. The Kier molecular flexibility index (Phi) is 16.5. The first-order chi connectivity index (χ1) is 27.4. The second-order valence-corrected chi connectivity index (χ2v) is 19.5. The van der Waals surface area contributed by atoms with Crippen LogP contribution in [0.3, 0.4) is 0 Å². The van der Waals surface area contributed by atoms with Gasteiger partial charge in [0.1, 0.15) is 0 Å². The normalized spacial score (nSPS) is 39.6. The van der Waals surface area contributed by atoms with Gasteiger partial charge in [0, 0.05) is 29.8 Å². The molecule has 6 atom stereocenters. The second kappa shape index (κ2) is 21.0. The van der Waals surface area contributed by atoms with Crippen molar-refractivity contribution in [2.75, 3.05) is 13.2 Å². The molecule has 0 radical (unpaired) electrons. The van der Waals surface area contributed by atoms with Crippen molar-refractivity contribution < 1.29 is 49.2 Å². The summed E-state index contributed by atoms with van der Waals surface area (Å²) in [5.74, 6) is -1.34. The topological polar surface area (TPSA) is 199 Å². The number of rotatable bonds is 16. The fourth-order valence-electron chi connectivity index (χ4n) is 11.8. The lowest BCUT2D eigenvalue weighted by Gasteiger charge is -2.47. The van der Waals surface area contributed by atoms with Crippen molar-refractivity contribution in [1.82, 2.24) is 10.8 Å². The Balaban J connectivity index is 0.830. The minimum Gasteiger partial charge on any atom is -0.481 e. The van der Waals surface area contributed by atoms with Gasteiger partial charge in [-0.2, -0.15) is 5.48 Å². The lowest BCUT2D eigenvalue weighted by molar-refractivity contribution is -0.528. The Hall–Kier alpha value is -1.94. The van der Waals surface area contributed by atoms with E-state index in [4.69, 9.17) is 19.6 Å². The van der Waals surface area contributed by atoms with E-state index in [-0.39, 0.29) is 78.3 Å². The molecular formula is C43H73N3O11. The smallest absolute Gasteiger partial charge is 0.307 e. The van der Waals surface area contributed by atoms with Crippen molar-refractivity contribution >= 4 is 11.9 Å². The molecule has 0 aromatic rings. The quantitative estimate of drug-likeness (QED) is 0.0620. The molecule has 6 fully saturated rings. The molecule has 57 heavy (non-hydrogen) atoms. The van der Waals surface area contributed by atoms with Crippen LogP contribution in [0.4, 0.5) is 0 Å². The molecule has 0 aromatic carbocycles. The number of aliphatic hydroxyl groups is 1. The van der Waals surface area contributed by atoms with Crippen LogP contribution in [0.1, 0.15) is 155 Å². The average molecular weight is 808 g/mol. The number of nitrogens with one attached hydrogen (secondary N) is 2. The molecule has 14 heteroatoms. The third kappa shape index (κ3) is 12.3. The van der Waals surface area contributed by atoms with E-state index in [0.29, 0.717) is 43.1 Å². The number of carbonyl (C=O) groups excluding carboxylic acids is 1. The zero-order valence-electron chi connectivity index (χ0n) is 34.6. The SMILES string of the molecule is CC(C)(C1CCC(OC2CCC(NOCC3CC(O)CCC3COO)CC2)CC1)C1CCC(OC2CCC(NC(=O)C3CC([N+](=O)[O-])CCC3C(=O)O)CC2)CC1. The van der Waals surface area contributed by atoms with E-state index >= 15 is 0 Å². The highest BCUT2D eigenvalue weighted by Gasteiger charge is 2.45. The van der Waals surface area contributed by atoms with Gasteiger partial charge in [-0.05, 0) is 158 Å². The zero-order chi connectivity index (χ0) is 40.5. The van der Waals surface area contributed by atoms with Gasteiger partial charge in [-0.15, -0.1) is 0 Å². The Morgan fingerprint density at radius 3 is 1.70 bits per heavy atom. The summed E-state index contributed by atoms with van der Waals surface area (Å²) in [5, 5.41) is 43.1. The maximum Gasteiger partial charge on any atom is 0.307 e. The van der Waals surface area contributed by atoms with E-state index in [9.17, 15) is 29.9 Å². The molecule has 0 aliphatic heterocycles. The van der Waals surface area contributed by atoms with Crippen molar-refractivity contribution in [3.8, 4) is 0 Å². The van der Waals surface area contributed by atoms with E-state index in [2.05, 4.69) is 29.5 Å². The molecular weight excluding hydrogens is 734 g/mol. The van der Waals surface area contributed by atoms with Crippen LogP contribution in [-0.2, 0) is 28.8 Å². The number of ether oxygens (including phenoxy) is 2. The van der Waals surface area contributed by atoms with Crippen LogP contribution in [0.2, 0.25) is 0 Å². The lowest BCUT2D eigenvalue weighted by Crippen LogP contribution is -2.48. The Bertz CT molecular complexity index is 1270. The summed E-state index contributed by atoms with van der Waals surface area (Å²) in [4.78, 5) is 46.2. The third-order valence-electron chi connectivity index (χ3n) is 15.6. The number of hydrogen-bond donors (Lipinski definition) is 5. The van der Waals surface area contributed by atoms with Crippen LogP contribution in [-0.4, -0.2) is 94.1 Å². The van der Waals surface area contributed by atoms with Crippen LogP contribution in [0, 0.1) is 51.0 Å². The van der Waals surface area contributed by atoms with E-state index in [0.717, 1.165) is 89.9 Å². The van der Waals surface area contributed by atoms with Crippen LogP contribution >= 0.6 is 0 Å². The van der Waals surface area contributed by atoms with Crippen molar-refractivity contribution in [3.63, 3.8) is 0 Å². The summed E-state index contributed by atoms with van der Waals surface area (Å²) >= 11 is 0. The Morgan fingerprint density at radius 1 is 0.667 bits per heavy atom. The number of hydrogen-bond acceptors (Lipinski definition) is 11. The summed E-state index contributed by atoms with van der Waals surface area (Å²) in [6, 6.07) is -0.589. The molecule has 6 rings (SSSR count). The molecule has 14 nitrogen and oxygen atoms in total. The lowest BCUT2D eigenvalue weighted by atomic mass is 9.60. The van der Waals surface area contributed by atoms with Gasteiger partial charge in [0.2, 0.25) is 11.9 Å². The number of carboxylic acids is 1. The summed E-state index contributed by atoms with van der Waals surface area (Å²) in [6.45, 7) is 5.80. The molecule has 0 heterocycles. The summed E-state index contributed by atoms with van der Waals surface area (Å²) in [7, 11) is 0. The summed E-state index contributed by atoms with van der Waals surface area (Å²) < 4.78 is 13.3. The predicted octanol–water partition coefficient (Wildman–Crippen LogP) is 6.84. The monoisotopic (exact) mass is 808 g/mol. The summed E-state index contributed by atoms with van der Waals surface area (Å²) in [6.07, 6.45) is 20.2. The highest BCUT2D eigenvalue weighted by molar-refractivity contribution is 5.85. The molecule has 6 aliphatic rings. The third-order valence-corrected chi connectivity index (χ3v) is 15.6. The molecule has 0 spiro atoms. The molecule has 6 unspecified atom stereocenters.